The van der Waals surface area contributed by atoms with Crippen molar-refractivity contribution in [2.75, 3.05) is 13.1 Å². The first-order valence-electron chi connectivity index (χ1n) is 6.86. The van der Waals surface area contributed by atoms with Crippen molar-refractivity contribution in [1.82, 2.24) is 4.90 Å². The number of likely N-dealkylation sites (tertiary alicyclic amines) is 1. The number of primary amides is 1. The van der Waals surface area contributed by atoms with Crippen molar-refractivity contribution in [2.24, 2.45) is 11.7 Å². The van der Waals surface area contributed by atoms with Gasteiger partial charge in [0.15, 0.2) is 6.17 Å². The number of piperidine rings is 1. The Labute approximate surface area is 121 Å². The highest BCUT2D eigenvalue weighted by Gasteiger charge is 2.29. The maximum absolute atomic E-state index is 13.5. The van der Waals surface area contributed by atoms with E-state index >= 15 is 0 Å². The molecule has 1 atom stereocenters. The Balaban J connectivity index is 1.86. The number of nitrogens with two attached hydrogens (primary N) is 1. The first-order chi connectivity index (χ1) is 9.97. The number of alkyl halides is 1. The summed E-state index contributed by atoms with van der Waals surface area (Å²) in [6.45, 7) is 2.04. The number of benzene rings is 1. The minimum atomic E-state index is -1.56. The molecule has 1 fully saturated rings. The van der Waals surface area contributed by atoms with Gasteiger partial charge in [0.05, 0.1) is 4.92 Å². The Morgan fingerprint density at radius 1 is 1.38 bits per heavy atom. The van der Waals surface area contributed by atoms with Crippen LogP contribution in [0.1, 0.15) is 18.4 Å². The molecule has 21 heavy (non-hydrogen) atoms. The second-order valence-corrected chi connectivity index (χ2v) is 5.34. The summed E-state index contributed by atoms with van der Waals surface area (Å²) in [5.74, 6) is -1.18. The predicted molar refractivity (Wildman–Crippen MR) is 75.2 cm³/mol. The topological polar surface area (TPSA) is 89.5 Å². The van der Waals surface area contributed by atoms with E-state index in [9.17, 15) is 19.3 Å². The van der Waals surface area contributed by atoms with Gasteiger partial charge in [-0.3, -0.25) is 19.8 Å². The van der Waals surface area contributed by atoms with E-state index in [4.69, 9.17) is 5.73 Å². The van der Waals surface area contributed by atoms with Gasteiger partial charge in [0, 0.05) is 24.6 Å². The van der Waals surface area contributed by atoms with Crippen molar-refractivity contribution in [1.29, 1.82) is 0 Å². The molecular weight excluding hydrogens is 277 g/mol. The lowest BCUT2D eigenvalue weighted by atomic mass is 9.91. The fourth-order valence-electron chi connectivity index (χ4n) is 2.62. The van der Waals surface area contributed by atoms with Crippen LogP contribution in [0.5, 0.6) is 0 Å². The maximum Gasteiger partial charge on any atom is 0.269 e. The largest absolute Gasteiger partial charge is 0.367 e. The third-order valence-electron chi connectivity index (χ3n) is 3.87. The first kappa shape index (κ1) is 15.4. The quantitative estimate of drug-likeness (QED) is 0.660. The third kappa shape index (κ3) is 3.98. The Hall–Kier alpha value is -2.02. The van der Waals surface area contributed by atoms with Gasteiger partial charge in [-0.2, -0.15) is 0 Å². The van der Waals surface area contributed by atoms with E-state index in [-0.39, 0.29) is 11.6 Å². The fourth-order valence-corrected chi connectivity index (χ4v) is 2.62. The zero-order valence-electron chi connectivity index (χ0n) is 11.6. The molecule has 114 valence electrons. The van der Waals surface area contributed by atoms with E-state index in [1.54, 1.807) is 12.1 Å². The summed E-state index contributed by atoms with van der Waals surface area (Å²) >= 11 is 0. The molecular formula is C14H18FN3O3. The number of rotatable bonds is 5. The van der Waals surface area contributed by atoms with E-state index in [2.05, 4.69) is 4.90 Å². The number of nitro groups is 1. The molecule has 0 aromatic heterocycles. The molecule has 1 unspecified atom stereocenters. The van der Waals surface area contributed by atoms with Crippen LogP contribution in [0.15, 0.2) is 24.3 Å². The zero-order valence-corrected chi connectivity index (χ0v) is 11.6. The molecule has 2 rings (SSSR count). The van der Waals surface area contributed by atoms with Crippen LogP contribution in [0, 0.1) is 16.0 Å². The van der Waals surface area contributed by atoms with Crippen LogP contribution in [0.3, 0.4) is 0 Å². The van der Waals surface area contributed by atoms with Gasteiger partial charge in [0.2, 0.25) is 0 Å². The lowest BCUT2D eigenvalue weighted by Gasteiger charge is -2.32. The lowest BCUT2D eigenvalue weighted by molar-refractivity contribution is -0.384. The van der Waals surface area contributed by atoms with Gasteiger partial charge in [-0.05, 0) is 31.5 Å². The fraction of sp³-hybridized carbons (Fsp3) is 0.500. The molecule has 1 aliphatic heterocycles. The van der Waals surface area contributed by atoms with Crippen LogP contribution in [0.2, 0.25) is 0 Å². The van der Waals surface area contributed by atoms with Crippen LogP contribution < -0.4 is 5.73 Å². The maximum atomic E-state index is 13.5. The van der Waals surface area contributed by atoms with Gasteiger partial charge >= 0.3 is 0 Å². The van der Waals surface area contributed by atoms with Crippen molar-refractivity contribution in [3.8, 4) is 0 Å². The number of non-ortho nitro benzene ring substituents is 1. The summed E-state index contributed by atoms with van der Waals surface area (Å²) in [6.07, 6.45) is -0.375. The summed E-state index contributed by atoms with van der Waals surface area (Å²) in [4.78, 5) is 23.1. The zero-order chi connectivity index (χ0) is 15.4. The van der Waals surface area contributed by atoms with Crippen molar-refractivity contribution in [3.63, 3.8) is 0 Å². The summed E-state index contributed by atoms with van der Waals surface area (Å²) in [7, 11) is 0. The van der Waals surface area contributed by atoms with Crippen LogP contribution >= 0.6 is 0 Å². The van der Waals surface area contributed by atoms with E-state index < -0.39 is 17.0 Å². The van der Waals surface area contributed by atoms with Gasteiger partial charge in [-0.25, -0.2) is 4.39 Å². The molecule has 0 bridgehead atoms. The molecule has 0 radical (unpaired) electrons. The average Bonchev–Trinajstić information content (AvgIpc) is 2.47. The molecule has 0 saturated carbocycles. The second-order valence-electron chi connectivity index (χ2n) is 5.34. The molecule has 1 amide bonds. The number of hydrogen-bond donors (Lipinski definition) is 1. The minimum Gasteiger partial charge on any atom is -0.367 e. The van der Waals surface area contributed by atoms with Gasteiger partial charge in [0.1, 0.15) is 0 Å². The number of carbonyl (C=O) groups is 1. The van der Waals surface area contributed by atoms with Crippen LogP contribution in [-0.4, -0.2) is 35.0 Å². The number of amides is 1. The number of nitro benzene ring substituents is 1. The molecule has 7 heteroatoms. The van der Waals surface area contributed by atoms with Gasteiger partial charge in [0.25, 0.3) is 11.6 Å². The highest BCUT2D eigenvalue weighted by molar-refractivity contribution is 5.79. The van der Waals surface area contributed by atoms with Crippen molar-refractivity contribution >= 4 is 11.6 Å². The third-order valence-corrected chi connectivity index (χ3v) is 3.87. The number of carbonyl (C=O) groups excluding carboxylic acids is 1. The number of hydrogen-bond acceptors (Lipinski definition) is 4. The van der Waals surface area contributed by atoms with Gasteiger partial charge in [-0.15, -0.1) is 0 Å². The molecule has 1 heterocycles. The van der Waals surface area contributed by atoms with Crippen LogP contribution in [0.25, 0.3) is 0 Å². The van der Waals surface area contributed by atoms with Crippen molar-refractivity contribution in [2.45, 2.75) is 25.6 Å². The predicted octanol–water partition coefficient (Wildman–Crippen LogP) is 1.63. The highest BCUT2D eigenvalue weighted by atomic mass is 19.1. The first-order valence-corrected chi connectivity index (χ1v) is 6.86. The number of nitrogens with zero attached hydrogens (tertiary/aromatic N) is 2. The Morgan fingerprint density at radius 2 is 1.95 bits per heavy atom. The Kier molecular flexibility index (Phi) is 4.85. The van der Waals surface area contributed by atoms with E-state index in [1.807, 2.05) is 0 Å². The summed E-state index contributed by atoms with van der Waals surface area (Å²) in [5.41, 5.74) is 6.03. The van der Waals surface area contributed by atoms with Crippen LogP contribution in [0.4, 0.5) is 10.1 Å². The molecule has 0 aliphatic carbocycles. The average molecular weight is 295 g/mol. The monoisotopic (exact) mass is 295 g/mol. The van der Waals surface area contributed by atoms with Gasteiger partial charge in [-0.1, -0.05) is 12.1 Å². The SMILES string of the molecule is NC(=O)C(F)C1CCN(Cc2ccc([N+](=O)[O-])cc2)CC1. The smallest absolute Gasteiger partial charge is 0.269 e. The molecule has 6 nitrogen and oxygen atoms in total. The van der Waals surface area contributed by atoms with E-state index in [0.717, 1.165) is 5.56 Å². The molecule has 1 aromatic rings. The normalized spacial score (nSPS) is 18.3. The Bertz CT molecular complexity index is 513. The minimum absolute atomic E-state index is 0.0687. The van der Waals surface area contributed by atoms with E-state index in [0.29, 0.717) is 32.5 Å². The standard InChI is InChI=1S/C14H18FN3O3/c15-13(14(16)19)11-5-7-17(8-6-11)9-10-1-3-12(4-2-10)18(20)21/h1-4,11,13H,5-9H2,(H2,16,19). The summed E-state index contributed by atoms with van der Waals surface area (Å²) in [5, 5.41) is 10.6. The van der Waals surface area contributed by atoms with E-state index in [1.165, 1.54) is 12.1 Å². The van der Waals surface area contributed by atoms with Crippen LogP contribution in [-0.2, 0) is 11.3 Å². The molecule has 0 spiro atoms. The lowest BCUT2D eigenvalue weighted by Crippen LogP contribution is -2.40. The molecule has 1 aromatic carbocycles. The Morgan fingerprint density at radius 3 is 2.43 bits per heavy atom. The second kappa shape index (κ2) is 6.62. The van der Waals surface area contributed by atoms with Gasteiger partial charge < -0.3 is 5.73 Å². The summed E-state index contributed by atoms with van der Waals surface area (Å²) < 4.78 is 13.5. The highest BCUT2D eigenvalue weighted by Crippen LogP contribution is 2.24. The summed E-state index contributed by atoms with van der Waals surface area (Å²) in [6, 6.07) is 6.41. The number of halogens is 1. The van der Waals surface area contributed by atoms with Crippen molar-refractivity contribution < 1.29 is 14.1 Å². The molecule has 1 saturated heterocycles. The van der Waals surface area contributed by atoms with Crippen molar-refractivity contribution in [3.05, 3.63) is 39.9 Å². The molecule has 2 N–H and O–H groups in total. The molecule has 1 aliphatic rings.